The molecule has 1 heterocycles. The molecule has 2 rings (SSSR count). The molecule has 5 nitrogen and oxygen atoms in total. The normalized spacial score (nSPS) is 11.0. The first kappa shape index (κ1) is 16.5. The minimum absolute atomic E-state index is 0.0716. The fourth-order valence-corrected chi connectivity index (χ4v) is 1.77. The fraction of sp³-hybridized carbons (Fsp3) is 0.133. The molecule has 0 atom stereocenters. The zero-order chi connectivity index (χ0) is 17.0. The van der Waals surface area contributed by atoms with E-state index >= 15 is 0 Å². The van der Waals surface area contributed by atoms with E-state index in [0.29, 0.717) is 6.07 Å². The molecule has 23 heavy (non-hydrogen) atoms. The zero-order valence-electron chi connectivity index (χ0n) is 11.8. The van der Waals surface area contributed by atoms with Gasteiger partial charge in [0, 0.05) is 6.20 Å². The van der Waals surface area contributed by atoms with E-state index < -0.39 is 23.7 Å². The average molecular weight is 324 g/mol. The number of para-hydroxylation sites is 1. The summed E-state index contributed by atoms with van der Waals surface area (Å²) in [4.78, 5) is 26.9. The van der Waals surface area contributed by atoms with E-state index in [0.717, 1.165) is 12.3 Å². The van der Waals surface area contributed by atoms with Gasteiger partial charge in [0.1, 0.15) is 5.69 Å². The molecule has 1 N–H and O–H groups in total. The van der Waals surface area contributed by atoms with Crippen LogP contribution < -0.4 is 5.32 Å². The topological polar surface area (TPSA) is 68.3 Å². The number of pyridine rings is 1. The Bertz CT molecular complexity index is 727. The highest BCUT2D eigenvalue weighted by molar-refractivity contribution is 6.07. The number of nitrogens with zero attached hydrogens (tertiary/aromatic N) is 1. The highest BCUT2D eigenvalue weighted by Crippen LogP contribution is 2.27. The van der Waals surface area contributed by atoms with E-state index in [4.69, 9.17) is 0 Å². The van der Waals surface area contributed by atoms with Gasteiger partial charge in [-0.3, -0.25) is 9.78 Å². The minimum atomic E-state index is -4.58. The summed E-state index contributed by atoms with van der Waals surface area (Å²) >= 11 is 0. The van der Waals surface area contributed by atoms with Crippen molar-refractivity contribution in [3.05, 3.63) is 59.4 Å². The van der Waals surface area contributed by atoms with Gasteiger partial charge in [-0.05, 0) is 24.3 Å². The molecule has 0 bridgehead atoms. The number of benzene rings is 1. The SMILES string of the molecule is COC(=O)c1ccccc1NC(=O)c1ccc(C(F)(F)F)nc1. The molecule has 2 aromatic rings. The third-order valence-electron chi connectivity index (χ3n) is 2.90. The molecule has 0 spiro atoms. The van der Waals surface area contributed by atoms with E-state index in [1.54, 1.807) is 12.1 Å². The van der Waals surface area contributed by atoms with Crippen LogP contribution in [0, 0.1) is 0 Å². The monoisotopic (exact) mass is 324 g/mol. The molecule has 0 saturated heterocycles. The number of ether oxygens (including phenoxy) is 1. The summed E-state index contributed by atoms with van der Waals surface area (Å²) in [7, 11) is 1.20. The zero-order valence-corrected chi connectivity index (χ0v) is 11.8. The summed E-state index contributed by atoms with van der Waals surface area (Å²) in [5.74, 6) is -1.34. The van der Waals surface area contributed by atoms with Crippen molar-refractivity contribution in [3.63, 3.8) is 0 Å². The number of alkyl halides is 3. The van der Waals surface area contributed by atoms with Crippen molar-refractivity contribution in [2.75, 3.05) is 12.4 Å². The number of amides is 1. The van der Waals surface area contributed by atoms with Crippen LogP contribution in [-0.2, 0) is 10.9 Å². The van der Waals surface area contributed by atoms with Gasteiger partial charge >= 0.3 is 12.1 Å². The molecule has 1 aromatic heterocycles. The van der Waals surface area contributed by atoms with Gasteiger partial charge in [0.2, 0.25) is 0 Å². The number of esters is 1. The first-order chi connectivity index (χ1) is 10.8. The molecule has 0 aliphatic rings. The van der Waals surface area contributed by atoms with Crippen molar-refractivity contribution >= 4 is 17.6 Å². The maximum Gasteiger partial charge on any atom is 0.433 e. The molecule has 1 amide bonds. The fourth-order valence-electron chi connectivity index (χ4n) is 1.77. The van der Waals surface area contributed by atoms with Gasteiger partial charge in [0.15, 0.2) is 0 Å². The van der Waals surface area contributed by atoms with Crippen LogP contribution in [-0.4, -0.2) is 24.0 Å². The Labute approximate surface area is 129 Å². The molecule has 0 fully saturated rings. The molecule has 0 aliphatic heterocycles. The number of methoxy groups -OCH3 is 1. The Morgan fingerprint density at radius 2 is 1.83 bits per heavy atom. The number of hydrogen-bond acceptors (Lipinski definition) is 4. The number of halogens is 3. The van der Waals surface area contributed by atoms with Crippen molar-refractivity contribution < 1.29 is 27.5 Å². The van der Waals surface area contributed by atoms with Crippen molar-refractivity contribution in [1.29, 1.82) is 0 Å². The Morgan fingerprint density at radius 3 is 2.39 bits per heavy atom. The van der Waals surface area contributed by atoms with Gasteiger partial charge in [-0.1, -0.05) is 12.1 Å². The summed E-state index contributed by atoms with van der Waals surface area (Å²) in [5.41, 5.74) is -0.853. The highest BCUT2D eigenvalue weighted by Gasteiger charge is 2.32. The van der Waals surface area contributed by atoms with Crippen LogP contribution in [0.15, 0.2) is 42.6 Å². The first-order valence-electron chi connectivity index (χ1n) is 6.35. The van der Waals surface area contributed by atoms with Crippen LogP contribution in [0.2, 0.25) is 0 Å². The van der Waals surface area contributed by atoms with Crippen molar-refractivity contribution in [1.82, 2.24) is 4.98 Å². The van der Waals surface area contributed by atoms with Gasteiger partial charge in [-0.2, -0.15) is 13.2 Å². The molecule has 1 aromatic carbocycles. The van der Waals surface area contributed by atoms with E-state index in [1.807, 2.05) is 0 Å². The Kier molecular flexibility index (Phi) is 4.63. The molecule has 0 saturated carbocycles. The minimum Gasteiger partial charge on any atom is -0.465 e. The molecular formula is C15H11F3N2O3. The van der Waals surface area contributed by atoms with Gasteiger partial charge in [-0.25, -0.2) is 4.79 Å². The van der Waals surface area contributed by atoms with Crippen molar-refractivity contribution in [2.45, 2.75) is 6.18 Å². The Hall–Kier alpha value is -2.90. The van der Waals surface area contributed by atoms with E-state index in [2.05, 4.69) is 15.0 Å². The van der Waals surface area contributed by atoms with E-state index in [9.17, 15) is 22.8 Å². The molecule has 120 valence electrons. The Balaban J connectivity index is 2.22. The molecule has 0 radical (unpaired) electrons. The number of carbonyl (C=O) groups is 2. The summed E-state index contributed by atoms with van der Waals surface area (Å²) in [5, 5.41) is 2.44. The van der Waals surface area contributed by atoms with Crippen LogP contribution in [0.4, 0.5) is 18.9 Å². The summed E-state index contributed by atoms with van der Waals surface area (Å²) < 4.78 is 41.9. The van der Waals surface area contributed by atoms with Crippen molar-refractivity contribution in [3.8, 4) is 0 Å². The summed E-state index contributed by atoms with van der Waals surface area (Å²) in [6, 6.07) is 7.82. The summed E-state index contributed by atoms with van der Waals surface area (Å²) in [6.45, 7) is 0. The van der Waals surface area contributed by atoms with Gasteiger partial charge in [-0.15, -0.1) is 0 Å². The van der Waals surface area contributed by atoms with Crippen LogP contribution in [0.25, 0.3) is 0 Å². The lowest BCUT2D eigenvalue weighted by molar-refractivity contribution is -0.141. The standard InChI is InChI=1S/C15H11F3N2O3/c1-23-14(22)10-4-2-3-5-11(10)20-13(21)9-6-7-12(19-8-9)15(16,17)18/h2-8H,1H3,(H,20,21). The number of rotatable bonds is 3. The van der Waals surface area contributed by atoms with Gasteiger partial charge < -0.3 is 10.1 Å². The lowest BCUT2D eigenvalue weighted by Crippen LogP contribution is -2.16. The number of anilines is 1. The summed E-state index contributed by atoms with van der Waals surface area (Å²) in [6.07, 6.45) is -3.76. The largest absolute Gasteiger partial charge is 0.465 e. The first-order valence-corrected chi connectivity index (χ1v) is 6.35. The lowest BCUT2D eigenvalue weighted by atomic mass is 10.1. The smallest absolute Gasteiger partial charge is 0.433 e. The predicted octanol–water partition coefficient (Wildman–Crippen LogP) is 3.14. The molecule has 0 unspecified atom stereocenters. The maximum absolute atomic E-state index is 12.4. The average Bonchev–Trinajstić information content (AvgIpc) is 2.54. The van der Waals surface area contributed by atoms with Crippen LogP contribution in [0.3, 0.4) is 0 Å². The third-order valence-corrected chi connectivity index (χ3v) is 2.90. The quantitative estimate of drug-likeness (QED) is 0.881. The van der Waals surface area contributed by atoms with Crippen molar-refractivity contribution in [2.24, 2.45) is 0 Å². The van der Waals surface area contributed by atoms with Crippen LogP contribution in [0.1, 0.15) is 26.4 Å². The van der Waals surface area contributed by atoms with Crippen LogP contribution in [0.5, 0.6) is 0 Å². The number of carbonyl (C=O) groups excluding carboxylic acids is 2. The second kappa shape index (κ2) is 6.47. The van der Waals surface area contributed by atoms with Gasteiger partial charge in [0.25, 0.3) is 5.91 Å². The van der Waals surface area contributed by atoms with E-state index in [1.165, 1.54) is 19.2 Å². The predicted molar refractivity (Wildman–Crippen MR) is 75.0 cm³/mol. The second-order valence-corrected chi connectivity index (χ2v) is 4.42. The molecule has 8 heteroatoms. The molecular weight excluding hydrogens is 313 g/mol. The number of aromatic nitrogens is 1. The Morgan fingerprint density at radius 1 is 1.13 bits per heavy atom. The third kappa shape index (κ3) is 3.85. The number of hydrogen-bond donors (Lipinski definition) is 1. The number of nitrogens with one attached hydrogen (secondary N) is 1. The second-order valence-electron chi connectivity index (χ2n) is 4.42. The van der Waals surface area contributed by atoms with Crippen LogP contribution >= 0.6 is 0 Å². The van der Waals surface area contributed by atoms with E-state index in [-0.39, 0.29) is 16.8 Å². The van der Waals surface area contributed by atoms with Gasteiger partial charge in [0.05, 0.1) is 23.9 Å². The maximum atomic E-state index is 12.4. The molecule has 0 aliphatic carbocycles. The lowest BCUT2D eigenvalue weighted by Gasteiger charge is -2.10. The highest BCUT2D eigenvalue weighted by atomic mass is 19.4.